The first-order chi connectivity index (χ1) is 7.25. The van der Waals surface area contributed by atoms with Crippen LogP contribution in [0.2, 0.25) is 5.15 Å². The van der Waals surface area contributed by atoms with Crippen molar-refractivity contribution in [2.45, 2.75) is 18.9 Å². The van der Waals surface area contributed by atoms with Gasteiger partial charge < -0.3 is 9.64 Å². The Labute approximate surface area is 95.0 Å². The molecule has 1 unspecified atom stereocenters. The van der Waals surface area contributed by atoms with E-state index in [9.17, 15) is 0 Å². The summed E-state index contributed by atoms with van der Waals surface area (Å²) in [5, 5.41) is 0.500. The minimum Gasteiger partial charge on any atom is -0.490 e. The van der Waals surface area contributed by atoms with Gasteiger partial charge in [0.15, 0.2) is 0 Å². The van der Waals surface area contributed by atoms with Gasteiger partial charge in [-0.2, -0.15) is 0 Å². The Bertz CT molecular complexity index is 315. The van der Waals surface area contributed by atoms with Crippen molar-refractivity contribution in [3.05, 3.63) is 23.5 Å². The molecule has 0 saturated carbocycles. The third kappa shape index (κ3) is 2.83. The van der Waals surface area contributed by atoms with Crippen LogP contribution in [0.3, 0.4) is 0 Å². The molecule has 1 atom stereocenters. The molecule has 3 nitrogen and oxygen atoms in total. The molecule has 2 rings (SSSR count). The average molecular weight is 227 g/mol. The van der Waals surface area contributed by atoms with E-state index in [-0.39, 0.29) is 0 Å². The van der Waals surface area contributed by atoms with Gasteiger partial charge in [0.25, 0.3) is 0 Å². The zero-order chi connectivity index (χ0) is 10.7. The highest BCUT2D eigenvalue weighted by Gasteiger charge is 2.21. The largest absolute Gasteiger partial charge is 0.490 e. The number of aromatic nitrogens is 1. The molecule has 1 aromatic heterocycles. The van der Waals surface area contributed by atoms with Gasteiger partial charge in [-0.05, 0) is 38.6 Å². The van der Waals surface area contributed by atoms with Crippen LogP contribution in [0, 0.1) is 0 Å². The summed E-state index contributed by atoms with van der Waals surface area (Å²) in [7, 11) is 2.14. The first-order valence-corrected chi connectivity index (χ1v) is 5.58. The maximum Gasteiger partial charge on any atom is 0.137 e. The fourth-order valence-corrected chi connectivity index (χ4v) is 1.94. The molecule has 0 aliphatic carbocycles. The molecule has 1 fully saturated rings. The summed E-state index contributed by atoms with van der Waals surface area (Å²) in [4.78, 5) is 6.31. The van der Waals surface area contributed by atoms with Crippen LogP contribution >= 0.6 is 11.6 Å². The minimum absolute atomic E-state index is 0.500. The summed E-state index contributed by atoms with van der Waals surface area (Å²) in [6, 6.07) is 4.14. The first-order valence-electron chi connectivity index (χ1n) is 5.20. The monoisotopic (exact) mass is 226 g/mol. The number of likely N-dealkylation sites (N-methyl/N-ethyl adjacent to an activating group) is 1. The van der Waals surface area contributed by atoms with Gasteiger partial charge in [0.1, 0.15) is 17.5 Å². The van der Waals surface area contributed by atoms with Crippen molar-refractivity contribution in [1.29, 1.82) is 0 Å². The normalized spacial score (nSPS) is 21.9. The van der Waals surface area contributed by atoms with Crippen molar-refractivity contribution < 1.29 is 4.74 Å². The molecular weight excluding hydrogens is 212 g/mol. The number of hydrogen-bond donors (Lipinski definition) is 0. The molecule has 0 bridgehead atoms. The lowest BCUT2D eigenvalue weighted by atomic mass is 10.2. The van der Waals surface area contributed by atoms with Crippen molar-refractivity contribution in [3.8, 4) is 5.75 Å². The van der Waals surface area contributed by atoms with Gasteiger partial charge in [0.05, 0.1) is 6.20 Å². The molecule has 0 amide bonds. The summed E-state index contributed by atoms with van der Waals surface area (Å²) in [5.74, 6) is 0.791. The van der Waals surface area contributed by atoms with Crippen molar-refractivity contribution >= 4 is 11.6 Å². The smallest absolute Gasteiger partial charge is 0.137 e. The molecule has 1 aliphatic heterocycles. The number of hydrogen-bond acceptors (Lipinski definition) is 3. The Morgan fingerprint density at radius 2 is 2.47 bits per heavy atom. The number of rotatable bonds is 3. The van der Waals surface area contributed by atoms with E-state index in [4.69, 9.17) is 16.3 Å². The fourth-order valence-electron chi connectivity index (χ4n) is 1.83. The molecule has 1 saturated heterocycles. The van der Waals surface area contributed by atoms with Gasteiger partial charge >= 0.3 is 0 Å². The van der Waals surface area contributed by atoms with Gasteiger partial charge in [-0.15, -0.1) is 0 Å². The second-order valence-corrected chi connectivity index (χ2v) is 4.29. The Balaban J connectivity index is 1.85. The van der Waals surface area contributed by atoms with E-state index >= 15 is 0 Å². The van der Waals surface area contributed by atoms with Crippen LogP contribution < -0.4 is 4.74 Å². The van der Waals surface area contributed by atoms with E-state index in [1.54, 1.807) is 12.3 Å². The van der Waals surface area contributed by atoms with Crippen LogP contribution in [-0.4, -0.2) is 36.1 Å². The van der Waals surface area contributed by atoms with E-state index in [0.717, 1.165) is 12.4 Å². The molecule has 4 heteroatoms. The quantitative estimate of drug-likeness (QED) is 0.739. The summed E-state index contributed by atoms with van der Waals surface area (Å²) in [5.41, 5.74) is 0. The molecular formula is C11H15ClN2O. The number of halogens is 1. The fraction of sp³-hybridized carbons (Fsp3) is 0.545. The zero-order valence-electron chi connectivity index (χ0n) is 8.82. The molecule has 0 spiro atoms. The lowest BCUT2D eigenvalue weighted by Gasteiger charge is -2.19. The van der Waals surface area contributed by atoms with Crippen LogP contribution in [-0.2, 0) is 0 Å². The SMILES string of the molecule is CN1CCCC1COc1ccc(Cl)nc1. The zero-order valence-corrected chi connectivity index (χ0v) is 9.57. The Morgan fingerprint density at radius 3 is 3.07 bits per heavy atom. The van der Waals surface area contributed by atoms with Crippen molar-refractivity contribution in [1.82, 2.24) is 9.88 Å². The number of pyridine rings is 1. The first kappa shape index (κ1) is 10.7. The van der Waals surface area contributed by atoms with Crippen LogP contribution in [0.15, 0.2) is 18.3 Å². The second-order valence-electron chi connectivity index (χ2n) is 3.90. The molecule has 0 aromatic carbocycles. The van der Waals surface area contributed by atoms with E-state index in [0.29, 0.717) is 11.2 Å². The van der Waals surface area contributed by atoms with E-state index in [1.165, 1.54) is 19.4 Å². The van der Waals surface area contributed by atoms with Crippen molar-refractivity contribution in [3.63, 3.8) is 0 Å². The topological polar surface area (TPSA) is 25.4 Å². The van der Waals surface area contributed by atoms with Gasteiger partial charge in [0.2, 0.25) is 0 Å². The van der Waals surface area contributed by atoms with Crippen LogP contribution in [0.25, 0.3) is 0 Å². The van der Waals surface area contributed by atoms with Gasteiger partial charge in [-0.25, -0.2) is 4.98 Å². The highest BCUT2D eigenvalue weighted by Crippen LogP contribution is 2.17. The Morgan fingerprint density at radius 1 is 1.60 bits per heavy atom. The lowest BCUT2D eigenvalue weighted by molar-refractivity contribution is 0.198. The second kappa shape index (κ2) is 4.81. The summed E-state index contributed by atoms with van der Waals surface area (Å²) >= 11 is 5.69. The van der Waals surface area contributed by atoms with Crippen molar-refractivity contribution in [2.24, 2.45) is 0 Å². The van der Waals surface area contributed by atoms with Crippen molar-refractivity contribution in [2.75, 3.05) is 20.2 Å². The number of nitrogens with zero attached hydrogens (tertiary/aromatic N) is 2. The molecule has 1 aromatic rings. The van der Waals surface area contributed by atoms with E-state index < -0.39 is 0 Å². The summed E-state index contributed by atoms with van der Waals surface area (Å²) in [6.45, 7) is 1.91. The summed E-state index contributed by atoms with van der Waals surface area (Å²) < 4.78 is 5.65. The predicted octanol–water partition coefficient (Wildman–Crippen LogP) is 2.21. The number of likely N-dealkylation sites (tertiary alicyclic amines) is 1. The van der Waals surface area contributed by atoms with Crippen LogP contribution in [0.4, 0.5) is 0 Å². The van der Waals surface area contributed by atoms with Crippen LogP contribution in [0.5, 0.6) is 5.75 Å². The van der Waals surface area contributed by atoms with E-state index in [1.807, 2.05) is 6.07 Å². The molecule has 1 aliphatic rings. The Hall–Kier alpha value is -0.800. The highest BCUT2D eigenvalue weighted by atomic mass is 35.5. The van der Waals surface area contributed by atoms with Gasteiger partial charge in [-0.1, -0.05) is 11.6 Å². The molecule has 82 valence electrons. The lowest BCUT2D eigenvalue weighted by Crippen LogP contribution is -2.30. The highest BCUT2D eigenvalue weighted by molar-refractivity contribution is 6.29. The van der Waals surface area contributed by atoms with Gasteiger partial charge in [-0.3, -0.25) is 0 Å². The Kier molecular flexibility index (Phi) is 3.44. The summed E-state index contributed by atoms with van der Waals surface area (Å²) in [6.07, 6.45) is 4.15. The predicted molar refractivity (Wildman–Crippen MR) is 60.4 cm³/mol. The number of ether oxygens (including phenoxy) is 1. The third-order valence-corrected chi connectivity index (χ3v) is 3.04. The maximum atomic E-state index is 5.69. The minimum atomic E-state index is 0.500. The van der Waals surface area contributed by atoms with E-state index in [2.05, 4.69) is 16.9 Å². The molecule has 15 heavy (non-hydrogen) atoms. The standard InChI is InChI=1S/C11H15ClN2O/c1-14-6-2-3-9(14)8-15-10-4-5-11(12)13-7-10/h4-5,7,9H,2-3,6,8H2,1H3. The average Bonchev–Trinajstić information content (AvgIpc) is 2.63. The molecule has 0 radical (unpaired) electrons. The molecule has 0 N–H and O–H groups in total. The third-order valence-electron chi connectivity index (χ3n) is 2.81. The maximum absolute atomic E-state index is 5.69. The van der Waals surface area contributed by atoms with Gasteiger partial charge in [0, 0.05) is 6.04 Å². The molecule has 2 heterocycles. The van der Waals surface area contributed by atoms with Crippen LogP contribution in [0.1, 0.15) is 12.8 Å².